The van der Waals surface area contributed by atoms with Crippen LogP contribution in [0.5, 0.6) is 0 Å². The van der Waals surface area contributed by atoms with Gasteiger partial charge in [0.05, 0.1) is 0 Å². The van der Waals surface area contributed by atoms with Crippen LogP contribution in [0.3, 0.4) is 0 Å². The summed E-state index contributed by atoms with van der Waals surface area (Å²) < 4.78 is 0. The van der Waals surface area contributed by atoms with Gasteiger partial charge in [-0.15, -0.1) is 0 Å². The summed E-state index contributed by atoms with van der Waals surface area (Å²) in [4.78, 5) is 0. The smallest absolute Gasteiger partial charge is 0.00830 e. The van der Waals surface area contributed by atoms with Gasteiger partial charge in [0.1, 0.15) is 0 Å². The molecule has 0 heterocycles. The zero-order valence-electron chi connectivity index (χ0n) is 12.8. The highest BCUT2D eigenvalue weighted by atomic mass is 14.9. The molecule has 19 heavy (non-hydrogen) atoms. The summed E-state index contributed by atoms with van der Waals surface area (Å²) in [7, 11) is 0. The molecule has 0 amide bonds. The van der Waals surface area contributed by atoms with Crippen molar-refractivity contribution < 1.29 is 0 Å². The van der Waals surface area contributed by atoms with E-state index in [1.807, 2.05) is 0 Å². The number of nitrogens with one attached hydrogen (secondary N) is 1. The highest BCUT2D eigenvalue weighted by Crippen LogP contribution is 2.41. The van der Waals surface area contributed by atoms with Crippen molar-refractivity contribution in [3.8, 4) is 0 Å². The highest BCUT2D eigenvalue weighted by Gasteiger charge is 2.36. The molecule has 0 saturated carbocycles. The molecule has 1 aromatic carbocycles. The first-order chi connectivity index (χ1) is 9.18. The minimum absolute atomic E-state index is 0.373. The molecular formula is C18H29N. The van der Waals surface area contributed by atoms with Gasteiger partial charge in [0.25, 0.3) is 0 Å². The zero-order valence-corrected chi connectivity index (χ0v) is 12.8. The Morgan fingerprint density at radius 3 is 2.79 bits per heavy atom. The van der Waals surface area contributed by atoms with Gasteiger partial charge in [-0.05, 0) is 55.7 Å². The lowest BCUT2D eigenvalue weighted by molar-refractivity contribution is 0.281. The summed E-state index contributed by atoms with van der Waals surface area (Å²) in [5.41, 5.74) is 3.59. The number of hydrogen-bond acceptors (Lipinski definition) is 1. The van der Waals surface area contributed by atoms with E-state index in [1.165, 1.54) is 32.1 Å². The lowest BCUT2D eigenvalue weighted by Crippen LogP contribution is -2.42. The van der Waals surface area contributed by atoms with Crippen LogP contribution in [0.1, 0.15) is 57.6 Å². The van der Waals surface area contributed by atoms with Gasteiger partial charge < -0.3 is 5.32 Å². The monoisotopic (exact) mass is 259 g/mol. The Morgan fingerprint density at radius 2 is 2.05 bits per heavy atom. The molecule has 1 nitrogen and oxygen atoms in total. The Morgan fingerprint density at radius 1 is 1.26 bits per heavy atom. The van der Waals surface area contributed by atoms with Crippen LogP contribution in [0.4, 0.5) is 0 Å². The van der Waals surface area contributed by atoms with Crippen LogP contribution < -0.4 is 5.32 Å². The van der Waals surface area contributed by atoms with E-state index >= 15 is 0 Å². The van der Waals surface area contributed by atoms with Crippen molar-refractivity contribution in [3.63, 3.8) is 0 Å². The first kappa shape index (κ1) is 14.6. The van der Waals surface area contributed by atoms with E-state index in [0.29, 0.717) is 5.41 Å². The van der Waals surface area contributed by atoms with Crippen LogP contribution in [0.25, 0.3) is 0 Å². The van der Waals surface area contributed by atoms with Crippen molar-refractivity contribution in [2.75, 3.05) is 13.1 Å². The van der Waals surface area contributed by atoms with E-state index in [0.717, 1.165) is 19.0 Å². The predicted molar refractivity (Wildman–Crippen MR) is 83.7 cm³/mol. The average molecular weight is 259 g/mol. The van der Waals surface area contributed by atoms with Gasteiger partial charge in [-0.1, -0.05) is 45.0 Å². The molecule has 0 fully saturated rings. The van der Waals surface area contributed by atoms with Gasteiger partial charge in [-0.2, -0.15) is 0 Å². The van der Waals surface area contributed by atoms with Crippen molar-refractivity contribution >= 4 is 0 Å². The van der Waals surface area contributed by atoms with Crippen molar-refractivity contribution in [2.24, 2.45) is 5.92 Å². The minimum Gasteiger partial charge on any atom is -0.316 e. The van der Waals surface area contributed by atoms with Crippen LogP contribution in [0.2, 0.25) is 0 Å². The summed E-state index contributed by atoms with van der Waals surface area (Å²) in [6.07, 6.45) is 6.49. The third-order valence-corrected chi connectivity index (χ3v) is 4.38. The predicted octanol–water partition coefficient (Wildman–Crippen LogP) is 4.31. The molecule has 1 atom stereocenters. The zero-order chi connectivity index (χ0) is 13.7. The number of hydrogen-bond donors (Lipinski definition) is 1. The minimum atomic E-state index is 0.373. The summed E-state index contributed by atoms with van der Waals surface area (Å²) >= 11 is 0. The normalized spacial score (nSPS) is 22.5. The van der Waals surface area contributed by atoms with Gasteiger partial charge in [0.2, 0.25) is 0 Å². The van der Waals surface area contributed by atoms with E-state index in [-0.39, 0.29) is 0 Å². The number of fused-ring (bicyclic) bond motifs is 1. The SMILES string of the molecule is CCCNCC1(CC(C)C)CCCc2ccccc21. The quantitative estimate of drug-likeness (QED) is 0.751. The third kappa shape index (κ3) is 3.39. The van der Waals surface area contributed by atoms with E-state index in [9.17, 15) is 0 Å². The van der Waals surface area contributed by atoms with Crippen LogP contribution in [-0.2, 0) is 11.8 Å². The molecule has 0 radical (unpaired) electrons. The fourth-order valence-electron chi connectivity index (χ4n) is 3.76. The van der Waals surface area contributed by atoms with E-state index in [2.05, 4.69) is 50.4 Å². The van der Waals surface area contributed by atoms with E-state index in [1.54, 1.807) is 11.1 Å². The van der Waals surface area contributed by atoms with Crippen LogP contribution in [0, 0.1) is 5.92 Å². The standard InChI is InChI=1S/C18H29N/c1-4-12-19-14-18(13-15(2)3)11-7-9-16-8-5-6-10-17(16)18/h5-6,8,10,15,19H,4,7,9,11-14H2,1-3H3. The van der Waals surface area contributed by atoms with Crippen molar-refractivity contribution in [1.29, 1.82) is 0 Å². The van der Waals surface area contributed by atoms with Gasteiger partial charge in [0, 0.05) is 12.0 Å². The van der Waals surface area contributed by atoms with Gasteiger partial charge >= 0.3 is 0 Å². The van der Waals surface area contributed by atoms with Crippen molar-refractivity contribution in [3.05, 3.63) is 35.4 Å². The molecule has 1 aliphatic rings. The Balaban J connectivity index is 2.27. The maximum atomic E-state index is 3.69. The maximum Gasteiger partial charge on any atom is 0.00830 e. The van der Waals surface area contributed by atoms with Gasteiger partial charge in [-0.25, -0.2) is 0 Å². The first-order valence-electron chi connectivity index (χ1n) is 7.97. The van der Waals surface area contributed by atoms with E-state index in [4.69, 9.17) is 0 Å². The highest BCUT2D eigenvalue weighted by molar-refractivity contribution is 5.37. The molecule has 1 aromatic rings. The second-order valence-corrected chi connectivity index (χ2v) is 6.57. The molecule has 1 N–H and O–H groups in total. The van der Waals surface area contributed by atoms with Crippen molar-refractivity contribution in [1.82, 2.24) is 5.32 Å². The van der Waals surface area contributed by atoms with Crippen molar-refractivity contribution in [2.45, 2.75) is 58.3 Å². The molecule has 0 saturated heterocycles. The number of aryl methyl sites for hydroxylation is 1. The summed E-state index contributed by atoms with van der Waals surface area (Å²) in [5, 5.41) is 3.69. The average Bonchev–Trinajstić information content (AvgIpc) is 2.39. The molecule has 0 bridgehead atoms. The Labute approximate surface area is 118 Å². The molecule has 1 aliphatic carbocycles. The third-order valence-electron chi connectivity index (χ3n) is 4.38. The Hall–Kier alpha value is -0.820. The molecule has 1 heteroatoms. The summed E-state index contributed by atoms with van der Waals surface area (Å²) in [6.45, 7) is 9.26. The van der Waals surface area contributed by atoms with Crippen LogP contribution in [0.15, 0.2) is 24.3 Å². The molecule has 0 aliphatic heterocycles. The first-order valence-corrected chi connectivity index (χ1v) is 7.97. The topological polar surface area (TPSA) is 12.0 Å². The van der Waals surface area contributed by atoms with Crippen LogP contribution >= 0.6 is 0 Å². The fourth-order valence-corrected chi connectivity index (χ4v) is 3.76. The second kappa shape index (κ2) is 6.56. The molecule has 1 unspecified atom stereocenters. The fraction of sp³-hybridized carbons (Fsp3) is 0.667. The maximum absolute atomic E-state index is 3.69. The molecule has 0 spiro atoms. The molecule has 0 aromatic heterocycles. The molecule has 106 valence electrons. The van der Waals surface area contributed by atoms with E-state index < -0.39 is 0 Å². The van der Waals surface area contributed by atoms with Crippen LogP contribution in [-0.4, -0.2) is 13.1 Å². The Bertz CT molecular complexity index is 396. The second-order valence-electron chi connectivity index (χ2n) is 6.57. The Kier molecular flexibility index (Phi) is 5.04. The van der Waals surface area contributed by atoms with Gasteiger partial charge in [0.15, 0.2) is 0 Å². The number of rotatable bonds is 6. The molecule has 2 rings (SSSR count). The largest absolute Gasteiger partial charge is 0.316 e. The molecular weight excluding hydrogens is 230 g/mol. The lowest BCUT2D eigenvalue weighted by Gasteiger charge is -2.41. The lowest BCUT2D eigenvalue weighted by atomic mass is 9.66. The summed E-state index contributed by atoms with van der Waals surface area (Å²) in [5.74, 6) is 0.759. The number of benzene rings is 1. The summed E-state index contributed by atoms with van der Waals surface area (Å²) in [6, 6.07) is 9.14. The van der Waals surface area contributed by atoms with Gasteiger partial charge in [-0.3, -0.25) is 0 Å².